The van der Waals surface area contributed by atoms with Crippen molar-refractivity contribution in [1.82, 2.24) is 9.29 Å². The Morgan fingerprint density at radius 2 is 1.90 bits per heavy atom. The lowest BCUT2D eigenvalue weighted by molar-refractivity contribution is -0.120. The quantitative estimate of drug-likeness (QED) is 0.616. The van der Waals surface area contributed by atoms with E-state index in [0.29, 0.717) is 16.2 Å². The second-order valence-electron chi connectivity index (χ2n) is 6.87. The first-order valence-corrected chi connectivity index (χ1v) is 11.7. The molecule has 1 aliphatic rings. The van der Waals surface area contributed by atoms with Crippen molar-refractivity contribution in [3.8, 4) is 0 Å². The van der Waals surface area contributed by atoms with Crippen molar-refractivity contribution in [1.29, 1.82) is 0 Å². The van der Waals surface area contributed by atoms with E-state index in [2.05, 4.69) is 10.3 Å². The fourth-order valence-corrected chi connectivity index (χ4v) is 6.00. The van der Waals surface area contributed by atoms with Gasteiger partial charge < -0.3 is 5.32 Å². The van der Waals surface area contributed by atoms with Gasteiger partial charge in [-0.15, -0.1) is 0 Å². The standard InChI is InChI=1S/C19H16ClF2N3O3S2/c20-12-1-3-15-16(9-12)29-19(23-15)24-18(26)11-5-7-25(8-6-11)30(27,28)17-4-2-13(21)10-14(17)22/h1-4,9-11H,5-8H2,(H,23,24,26). The summed E-state index contributed by atoms with van der Waals surface area (Å²) in [5, 5.41) is 3.80. The number of sulfonamides is 1. The molecule has 1 aromatic heterocycles. The number of carbonyl (C=O) groups excluding carboxylic acids is 1. The van der Waals surface area contributed by atoms with Crippen molar-refractivity contribution in [2.24, 2.45) is 5.92 Å². The Hall–Kier alpha value is -2.14. The van der Waals surface area contributed by atoms with Crippen LogP contribution in [0.3, 0.4) is 0 Å². The van der Waals surface area contributed by atoms with Crippen LogP contribution in [0.15, 0.2) is 41.3 Å². The molecule has 1 amide bonds. The highest BCUT2D eigenvalue weighted by atomic mass is 35.5. The van der Waals surface area contributed by atoms with Crippen LogP contribution in [-0.4, -0.2) is 36.7 Å². The second kappa shape index (κ2) is 8.18. The third kappa shape index (κ3) is 4.18. The maximum atomic E-state index is 13.9. The van der Waals surface area contributed by atoms with E-state index in [0.717, 1.165) is 26.7 Å². The Balaban J connectivity index is 1.41. The molecule has 158 valence electrons. The second-order valence-corrected chi connectivity index (χ2v) is 10.2. The zero-order chi connectivity index (χ0) is 21.5. The number of piperidine rings is 1. The number of aromatic nitrogens is 1. The highest BCUT2D eigenvalue weighted by molar-refractivity contribution is 7.89. The number of hydrogen-bond acceptors (Lipinski definition) is 5. The van der Waals surface area contributed by atoms with Crippen LogP contribution in [0, 0.1) is 17.6 Å². The molecule has 1 aliphatic heterocycles. The van der Waals surface area contributed by atoms with Gasteiger partial charge in [0, 0.05) is 30.1 Å². The Morgan fingerprint density at radius 1 is 1.17 bits per heavy atom. The first kappa shape index (κ1) is 21.1. The summed E-state index contributed by atoms with van der Waals surface area (Å²) in [6.45, 7) is 0.124. The van der Waals surface area contributed by atoms with Crippen LogP contribution in [0.2, 0.25) is 5.02 Å². The number of carbonyl (C=O) groups is 1. The number of hydrogen-bond donors (Lipinski definition) is 1. The summed E-state index contributed by atoms with van der Waals surface area (Å²) in [4.78, 5) is 16.4. The van der Waals surface area contributed by atoms with Crippen LogP contribution in [-0.2, 0) is 14.8 Å². The average molecular weight is 472 g/mol. The SMILES string of the molecule is O=C(Nc1nc2ccc(Cl)cc2s1)C1CCN(S(=O)(=O)c2ccc(F)cc2F)CC1. The first-order chi connectivity index (χ1) is 14.2. The third-order valence-corrected chi connectivity index (χ3v) is 8.02. The number of halogens is 3. The number of nitrogens with one attached hydrogen (secondary N) is 1. The molecule has 0 unspecified atom stereocenters. The van der Waals surface area contributed by atoms with Gasteiger partial charge in [0.2, 0.25) is 15.9 Å². The zero-order valence-corrected chi connectivity index (χ0v) is 17.8. The minimum Gasteiger partial charge on any atom is -0.302 e. The van der Waals surface area contributed by atoms with Crippen LogP contribution in [0.1, 0.15) is 12.8 Å². The van der Waals surface area contributed by atoms with Crippen LogP contribution < -0.4 is 5.32 Å². The topological polar surface area (TPSA) is 79.4 Å². The number of benzene rings is 2. The Morgan fingerprint density at radius 3 is 2.60 bits per heavy atom. The fourth-order valence-electron chi connectivity index (χ4n) is 3.34. The molecule has 4 rings (SSSR count). The van der Waals surface area contributed by atoms with Gasteiger partial charge in [0.25, 0.3) is 0 Å². The molecule has 6 nitrogen and oxygen atoms in total. The largest absolute Gasteiger partial charge is 0.302 e. The molecule has 2 heterocycles. The molecule has 30 heavy (non-hydrogen) atoms. The maximum Gasteiger partial charge on any atom is 0.245 e. The summed E-state index contributed by atoms with van der Waals surface area (Å²) >= 11 is 7.27. The van der Waals surface area contributed by atoms with Gasteiger partial charge >= 0.3 is 0 Å². The summed E-state index contributed by atoms with van der Waals surface area (Å²) < 4.78 is 54.3. The van der Waals surface area contributed by atoms with E-state index < -0.39 is 32.5 Å². The van der Waals surface area contributed by atoms with Crippen molar-refractivity contribution in [3.05, 3.63) is 53.1 Å². The molecular weight excluding hydrogens is 456 g/mol. The van der Waals surface area contributed by atoms with Gasteiger partial charge in [-0.05, 0) is 43.2 Å². The van der Waals surface area contributed by atoms with Crippen LogP contribution in [0.25, 0.3) is 10.2 Å². The van der Waals surface area contributed by atoms with E-state index in [1.807, 2.05) is 0 Å². The molecule has 1 N–H and O–H groups in total. The van der Waals surface area contributed by atoms with Gasteiger partial charge in [0.15, 0.2) is 5.13 Å². The highest BCUT2D eigenvalue weighted by Gasteiger charge is 2.33. The average Bonchev–Trinajstić information content (AvgIpc) is 3.09. The van der Waals surface area contributed by atoms with Gasteiger partial charge in [-0.3, -0.25) is 4.79 Å². The zero-order valence-electron chi connectivity index (χ0n) is 15.4. The molecule has 0 aliphatic carbocycles. The minimum absolute atomic E-state index is 0.0622. The number of anilines is 1. The summed E-state index contributed by atoms with van der Waals surface area (Å²) in [6, 6.07) is 7.61. The Bertz CT molecular complexity index is 1220. The molecule has 11 heteroatoms. The van der Waals surface area contributed by atoms with Crippen molar-refractivity contribution < 1.29 is 22.0 Å². The molecule has 0 bridgehead atoms. The lowest BCUT2D eigenvalue weighted by Gasteiger charge is -2.30. The minimum atomic E-state index is -4.10. The summed E-state index contributed by atoms with van der Waals surface area (Å²) in [7, 11) is -4.10. The number of rotatable bonds is 4. The van der Waals surface area contributed by atoms with Crippen LogP contribution in [0.4, 0.5) is 13.9 Å². The lowest BCUT2D eigenvalue weighted by atomic mass is 9.97. The van der Waals surface area contributed by atoms with Crippen molar-refractivity contribution >= 4 is 54.2 Å². The van der Waals surface area contributed by atoms with E-state index >= 15 is 0 Å². The molecule has 2 aromatic carbocycles. The highest BCUT2D eigenvalue weighted by Crippen LogP contribution is 2.30. The van der Waals surface area contributed by atoms with Crippen LogP contribution >= 0.6 is 22.9 Å². The molecule has 0 spiro atoms. The number of nitrogens with zero attached hydrogens (tertiary/aromatic N) is 2. The number of amides is 1. The normalized spacial score (nSPS) is 16.1. The fraction of sp³-hybridized carbons (Fsp3) is 0.263. The van der Waals surface area contributed by atoms with Gasteiger partial charge in [-0.25, -0.2) is 22.2 Å². The third-order valence-electron chi connectivity index (χ3n) is 4.92. The van der Waals surface area contributed by atoms with E-state index in [-0.39, 0.29) is 31.8 Å². The molecule has 0 radical (unpaired) electrons. The van der Waals surface area contributed by atoms with Gasteiger partial charge in [0.05, 0.1) is 10.2 Å². The van der Waals surface area contributed by atoms with Crippen molar-refractivity contribution in [2.75, 3.05) is 18.4 Å². The molecule has 1 saturated heterocycles. The van der Waals surface area contributed by atoms with Crippen molar-refractivity contribution in [2.45, 2.75) is 17.7 Å². The molecule has 0 atom stereocenters. The van der Waals surface area contributed by atoms with Gasteiger partial charge in [-0.2, -0.15) is 4.31 Å². The monoisotopic (exact) mass is 471 g/mol. The molecule has 0 saturated carbocycles. The maximum absolute atomic E-state index is 13.9. The van der Waals surface area contributed by atoms with E-state index in [9.17, 15) is 22.0 Å². The summed E-state index contributed by atoms with van der Waals surface area (Å²) in [5.41, 5.74) is 0.724. The number of fused-ring (bicyclic) bond motifs is 1. The number of thiazole rings is 1. The summed E-state index contributed by atoms with van der Waals surface area (Å²) in [5.74, 6) is -2.62. The Labute approximate surface area is 180 Å². The van der Waals surface area contributed by atoms with Gasteiger partial charge in [0.1, 0.15) is 16.5 Å². The van der Waals surface area contributed by atoms with Gasteiger partial charge in [-0.1, -0.05) is 22.9 Å². The predicted octanol–water partition coefficient (Wildman–Crippen LogP) is 4.27. The molecule has 1 fully saturated rings. The predicted molar refractivity (Wildman–Crippen MR) is 111 cm³/mol. The first-order valence-electron chi connectivity index (χ1n) is 9.06. The van der Waals surface area contributed by atoms with E-state index in [1.165, 1.54) is 11.3 Å². The van der Waals surface area contributed by atoms with Crippen LogP contribution in [0.5, 0.6) is 0 Å². The molecular formula is C19H16ClF2N3O3S2. The Kier molecular flexibility index (Phi) is 5.75. The smallest absolute Gasteiger partial charge is 0.245 e. The van der Waals surface area contributed by atoms with E-state index in [1.54, 1.807) is 18.2 Å². The summed E-state index contributed by atoms with van der Waals surface area (Å²) in [6.07, 6.45) is 0.565. The molecule has 3 aromatic rings. The van der Waals surface area contributed by atoms with Crippen molar-refractivity contribution in [3.63, 3.8) is 0 Å². The van der Waals surface area contributed by atoms with E-state index in [4.69, 9.17) is 11.6 Å². The lowest BCUT2D eigenvalue weighted by Crippen LogP contribution is -2.41.